The van der Waals surface area contributed by atoms with Crippen LogP contribution in [0.15, 0.2) is 30.3 Å². The molecule has 0 bridgehead atoms. The number of nitrogens with one attached hydrogen (secondary N) is 3. The molecule has 0 aliphatic heterocycles. The van der Waals surface area contributed by atoms with E-state index in [0.717, 1.165) is 22.5 Å². The minimum absolute atomic E-state index is 0.131. The highest BCUT2D eigenvalue weighted by Gasteiger charge is 2.23. The number of urea groups is 1. The van der Waals surface area contributed by atoms with Gasteiger partial charge in [-0.05, 0) is 26.3 Å². The van der Waals surface area contributed by atoms with Gasteiger partial charge < -0.3 is 15.7 Å². The van der Waals surface area contributed by atoms with Gasteiger partial charge in [0, 0.05) is 17.8 Å². The molecule has 0 fully saturated rings. The molecule has 0 aliphatic carbocycles. The summed E-state index contributed by atoms with van der Waals surface area (Å²) in [7, 11) is 0. The number of nitrogens with zero attached hydrogens (tertiary/aromatic N) is 1. The van der Waals surface area contributed by atoms with Gasteiger partial charge in [0.1, 0.15) is 5.60 Å². The average Bonchev–Trinajstić information content (AvgIpc) is 2.83. The maximum atomic E-state index is 11.9. The van der Waals surface area contributed by atoms with E-state index in [1.54, 1.807) is 6.92 Å². The molecule has 0 spiro atoms. The number of hydrogen-bond donors (Lipinski definition) is 4. The van der Waals surface area contributed by atoms with Gasteiger partial charge in [0.25, 0.3) is 0 Å². The minimum atomic E-state index is -1.11. The predicted molar refractivity (Wildman–Crippen MR) is 84.3 cm³/mol. The van der Waals surface area contributed by atoms with Crippen LogP contribution < -0.4 is 10.6 Å². The number of hydrogen-bond acceptors (Lipinski definition) is 3. The van der Waals surface area contributed by atoms with Crippen LogP contribution in [0.25, 0.3) is 0 Å². The Morgan fingerprint density at radius 3 is 2.55 bits per heavy atom. The van der Waals surface area contributed by atoms with Gasteiger partial charge in [-0.1, -0.05) is 30.3 Å². The fourth-order valence-electron chi connectivity index (χ4n) is 2.22. The van der Waals surface area contributed by atoms with Gasteiger partial charge in [-0.15, -0.1) is 0 Å². The highest BCUT2D eigenvalue weighted by Crippen LogP contribution is 2.18. The topological polar surface area (TPSA) is 90.0 Å². The molecule has 1 aromatic heterocycles. The maximum absolute atomic E-state index is 11.9. The van der Waals surface area contributed by atoms with Crippen LogP contribution in [-0.2, 0) is 12.1 Å². The SMILES string of the molecule is Cc1n[nH]c(C)c1CNC(=O)NCC(C)(O)c1ccccc1. The number of H-pyrrole nitrogens is 1. The van der Waals surface area contributed by atoms with Gasteiger partial charge in [0.15, 0.2) is 0 Å². The molecule has 0 saturated heterocycles. The molecule has 2 rings (SSSR count). The number of carbonyl (C=O) groups excluding carboxylic acids is 1. The van der Waals surface area contributed by atoms with Crippen molar-refractivity contribution < 1.29 is 9.90 Å². The van der Waals surface area contributed by atoms with Gasteiger partial charge in [0.05, 0.1) is 12.2 Å². The normalized spacial score (nSPS) is 13.5. The molecule has 0 saturated carbocycles. The van der Waals surface area contributed by atoms with Gasteiger partial charge in [0.2, 0.25) is 0 Å². The Labute approximate surface area is 129 Å². The third-order valence-corrected chi connectivity index (χ3v) is 3.70. The number of aromatic nitrogens is 2. The molecular weight excluding hydrogens is 280 g/mol. The molecule has 1 heterocycles. The van der Waals surface area contributed by atoms with Crippen molar-refractivity contribution in [3.63, 3.8) is 0 Å². The molecule has 0 radical (unpaired) electrons. The fourth-order valence-corrected chi connectivity index (χ4v) is 2.22. The van der Waals surface area contributed by atoms with Gasteiger partial charge >= 0.3 is 6.03 Å². The van der Waals surface area contributed by atoms with Crippen molar-refractivity contribution in [2.75, 3.05) is 6.54 Å². The van der Waals surface area contributed by atoms with Crippen LogP contribution in [0.3, 0.4) is 0 Å². The Morgan fingerprint density at radius 2 is 1.95 bits per heavy atom. The Morgan fingerprint density at radius 1 is 1.27 bits per heavy atom. The van der Waals surface area contributed by atoms with Crippen LogP contribution in [0.2, 0.25) is 0 Å². The predicted octanol–water partition coefficient (Wildman–Crippen LogP) is 1.73. The van der Waals surface area contributed by atoms with Gasteiger partial charge in [-0.3, -0.25) is 5.10 Å². The zero-order chi connectivity index (χ0) is 16.2. The quantitative estimate of drug-likeness (QED) is 0.678. The standard InChI is InChI=1S/C16H22N4O2/c1-11-14(12(2)20-19-11)9-17-15(21)18-10-16(3,22)13-7-5-4-6-8-13/h4-8,22H,9-10H2,1-3H3,(H,19,20)(H2,17,18,21). The van der Waals surface area contributed by atoms with Crippen molar-refractivity contribution in [3.05, 3.63) is 52.8 Å². The summed E-state index contributed by atoms with van der Waals surface area (Å²) in [5.74, 6) is 0. The van der Waals surface area contributed by atoms with Crippen LogP contribution in [0.5, 0.6) is 0 Å². The highest BCUT2D eigenvalue weighted by molar-refractivity contribution is 5.74. The summed E-state index contributed by atoms with van der Waals surface area (Å²) >= 11 is 0. The minimum Gasteiger partial charge on any atom is -0.384 e. The van der Waals surface area contributed by atoms with Gasteiger partial charge in [-0.25, -0.2) is 4.79 Å². The molecular formula is C16H22N4O2. The average molecular weight is 302 g/mol. The van der Waals surface area contributed by atoms with E-state index in [-0.39, 0.29) is 12.6 Å². The number of amides is 2. The molecule has 6 nitrogen and oxygen atoms in total. The third kappa shape index (κ3) is 3.85. The summed E-state index contributed by atoms with van der Waals surface area (Å²) in [5.41, 5.74) is 2.44. The first kappa shape index (κ1) is 16.0. The van der Waals surface area contributed by atoms with E-state index in [0.29, 0.717) is 6.54 Å². The van der Waals surface area contributed by atoms with Crippen LogP contribution >= 0.6 is 0 Å². The lowest BCUT2D eigenvalue weighted by atomic mass is 9.96. The summed E-state index contributed by atoms with van der Waals surface area (Å²) in [6, 6.07) is 8.93. The Bertz CT molecular complexity index is 615. The largest absolute Gasteiger partial charge is 0.384 e. The lowest BCUT2D eigenvalue weighted by Crippen LogP contribution is -2.43. The molecule has 4 N–H and O–H groups in total. The molecule has 1 atom stereocenters. The second-order valence-corrected chi connectivity index (χ2v) is 5.59. The second-order valence-electron chi connectivity index (χ2n) is 5.59. The van der Waals surface area contributed by atoms with Crippen LogP contribution in [0.4, 0.5) is 4.79 Å². The van der Waals surface area contributed by atoms with Crippen molar-refractivity contribution in [1.82, 2.24) is 20.8 Å². The first-order chi connectivity index (χ1) is 10.4. The Kier molecular flexibility index (Phi) is 4.82. The summed E-state index contributed by atoms with van der Waals surface area (Å²) in [4.78, 5) is 11.9. The van der Waals surface area contributed by atoms with Gasteiger partial charge in [-0.2, -0.15) is 5.10 Å². The van der Waals surface area contributed by atoms with Crippen molar-refractivity contribution in [1.29, 1.82) is 0 Å². The van der Waals surface area contributed by atoms with E-state index in [2.05, 4.69) is 20.8 Å². The van der Waals surface area contributed by atoms with E-state index in [4.69, 9.17) is 0 Å². The lowest BCUT2D eigenvalue weighted by Gasteiger charge is -2.24. The number of aryl methyl sites for hydroxylation is 2. The first-order valence-corrected chi connectivity index (χ1v) is 7.20. The number of aliphatic hydroxyl groups is 1. The van der Waals surface area contributed by atoms with E-state index >= 15 is 0 Å². The summed E-state index contributed by atoms with van der Waals surface area (Å²) < 4.78 is 0. The van der Waals surface area contributed by atoms with Crippen LogP contribution in [-0.4, -0.2) is 27.9 Å². The number of carbonyl (C=O) groups is 1. The molecule has 6 heteroatoms. The zero-order valence-corrected chi connectivity index (χ0v) is 13.1. The molecule has 1 aromatic carbocycles. The van der Waals surface area contributed by atoms with Crippen LogP contribution in [0.1, 0.15) is 29.4 Å². The van der Waals surface area contributed by atoms with Crippen molar-refractivity contribution in [3.8, 4) is 0 Å². The zero-order valence-electron chi connectivity index (χ0n) is 13.1. The summed E-state index contributed by atoms with van der Waals surface area (Å²) in [6.07, 6.45) is 0. The molecule has 118 valence electrons. The second kappa shape index (κ2) is 6.62. The number of rotatable bonds is 5. The lowest BCUT2D eigenvalue weighted by molar-refractivity contribution is 0.0594. The van der Waals surface area contributed by atoms with E-state index in [9.17, 15) is 9.90 Å². The molecule has 2 aromatic rings. The maximum Gasteiger partial charge on any atom is 0.315 e. The fraction of sp³-hybridized carbons (Fsp3) is 0.375. The Hall–Kier alpha value is -2.34. The molecule has 22 heavy (non-hydrogen) atoms. The Balaban J connectivity index is 1.85. The van der Waals surface area contributed by atoms with Crippen molar-refractivity contribution >= 4 is 6.03 Å². The summed E-state index contributed by atoms with van der Waals surface area (Å²) in [5, 5.41) is 22.8. The third-order valence-electron chi connectivity index (χ3n) is 3.70. The van der Waals surface area contributed by atoms with Crippen molar-refractivity contribution in [2.45, 2.75) is 32.9 Å². The monoisotopic (exact) mass is 302 g/mol. The highest BCUT2D eigenvalue weighted by atomic mass is 16.3. The van der Waals surface area contributed by atoms with E-state index < -0.39 is 5.60 Å². The van der Waals surface area contributed by atoms with Crippen LogP contribution in [0, 0.1) is 13.8 Å². The van der Waals surface area contributed by atoms with E-state index in [1.807, 2.05) is 44.2 Å². The molecule has 2 amide bonds. The number of benzene rings is 1. The molecule has 0 aliphatic rings. The first-order valence-electron chi connectivity index (χ1n) is 7.20. The van der Waals surface area contributed by atoms with E-state index in [1.165, 1.54) is 0 Å². The van der Waals surface area contributed by atoms with Crippen molar-refractivity contribution in [2.24, 2.45) is 0 Å². The number of aromatic amines is 1. The molecule has 1 unspecified atom stereocenters. The summed E-state index contributed by atoms with van der Waals surface area (Å²) in [6.45, 7) is 6.00. The smallest absolute Gasteiger partial charge is 0.315 e.